The SMILES string of the molecule is CN(C)c1cc(C(=O)O)c(O)c2c1C[C@H]1C[C@H]3[C@H](N(C)C)C(=O)C(C(N)=O)=C(O)[C@@]3(O)C(=O)C1=C2O.CN(C)c1cc(I)c(O)c2c1CC1CC3[C@H](N(C)C)C(=O)C(C(N)=O)=C(O)[C@@]3(O)C(=O)C1=C2O. The van der Waals surface area contributed by atoms with Crippen LogP contribution >= 0.6 is 22.6 Å². The minimum Gasteiger partial charge on any atom is -0.508 e. The lowest BCUT2D eigenvalue weighted by atomic mass is 9.57. The van der Waals surface area contributed by atoms with Crippen molar-refractivity contribution >= 4 is 86.4 Å². The van der Waals surface area contributed by atoms with Crippen molar-refractivity contribution in [2.75, 3.05) is 66.2 Å². The van der Waals surface area contributed by atoms with Gasteiger partial charge in [0, 0.05) is 62.5 Å². The van der Waals surface area contributed by atoms with Crippen LogP contribution in [0.5, 0.6) is 11.5 Å². The van der Waals surface area contributed by atoms with Crippen molar-refractivity contribution in [3.8, 4) is 11.5 Å². The monoisotopic (exact) mass is 1080 g/mol. The average molecular weight is 1080 g/mol. The van der Waals surface area contributed by atoms with E-state index < -0.39 is 133 Å². The third kappa shape index (κ3) is 7.13. The van der Waals surface area contributed by atoms with Crippen LogP contribution in [0.1, 0.15) is 45.5 Å². The first kappa shape index (κ1) is 51.3. The maximum atomic E-state index is 13.8. The lowest BCUT2D eigenvalue weighted by Crippen LogP contribution is -2.65. The molecular weight excluding hydrogens is 1030 g/mol. The summed E-state index contributed by atoms with van der Waals surface area (Å²) in [6.45, 7) is 0. The quantitative estimate of drug-likeness (QED) is 0.132. The van der Waals surface area contributed by atoms with Gasteiger partial charge in [-0.3, -0.25) is 38.6 Å². The topological polar surface area (TPSA) is 367 Å². The molecule has 22 nitrogen and oxygen atoms in total. The number of aromatic hydroxyl groups is 2. The van der Waals surface area contributed by atoms with Crippen LogP contribution in [0.4, 0.5) is 11.4 Å². The van der Waals surface area contributed by atoms with Crippen LogP contribution in [0.3, 0.4) is 0 Å². The van der Waals surface area contributed by atoms with E-state index in [-0.39, 0.29) is 53.7 Å². The molecule has 8 rings (SSSR count). The van der Waals surface area contributed by atoms with Crippen LogP contribution < -0.4 is 21.3 Å². The number of hydrogen-bond donors (Lipinski definition) is 11. The van der Waals surface area contributed by atoms with E-state index >= 15 is 0 Å². The van der Waals surface area contributed by atoms with Crippen molar-refractivity contribution in [2.24, 2.45) is 35.1 Å². The summed E-state index contributed by atoms with van der Waals surface area (Å²) in [5, 5.41) is 98.3. The fraction of sp³-hybridized carbons (Fsp3) is 0.426. The van der Waals surface area contributed by atoms with Gasteiger partial charge in [0.2, 0.25) is 11.6 Å². The number of fused-ring (bicyclic) bond motifs is 6. The zero-order chi connectivity index (χ0) is 52.4. The Morgan fingerprint density at radius 3 is 1.30 bits per heavy atom. The molecule has 2 unspecified atom stereocenters. The molecule has 23 heteroatoms. The number of amides is 2. The Kier molecular flexibility index (Phi) is 12.8. The van der Waals surface area contributed by atoms with E-state index in [0.29, 0.717) is 20.4 Å². The minimum absolute atomic E-state index is 0.0555. The number of carboxylic acid groups (broad SMARTS) is 1. The second-order valence-electron chi connectivity index (χ2n) is 19.2. The fourth-order valence-electron chi connectivity index (χ4n) is 11.5. The molecule has 70 heavy (non-hydrogen) atoms. The van der Waals surface area contributed by atoms with Crippen molar-refractivity contribution in [1.82, 2.24) is 9.80 Å². The molecule has 0 spiro atoms. The number of carbonyl (C=O) groups excluding carboxylic acids is 6. The van der Waals surface area contributed by atoms with Crippen molar-refractivity contribution in [3.63, 3.8) is 0 Å². The van der Waals surface area contributed by atoms with Gasteiger partial charge in [0.25, 0.3) is 11.8 Å². The van der Waals surface area contributed by atoms with Gasteiger partial charge >= 0.3 is 5.97 Å². The molecule has 0 aliphatic heterocycles. The Morgan fingerprint density at radius 1 is 0.614 bits per heavy atom. The van der Waals surface area contributed by atoms with E-state index in [4.69, 9.17) is 11.5 Å². The van der Waals surface area contributed by atoms with Crippen LogP contribution in [-0.4, -0.2) is 176 Å². The lowest BCUT2D eigenvalue weighted by molar-refractivity contribution is -0.155. The average Bonchev–Trinajstić information content (AvgIpc) is 3.24. The highest BCUT2D eigenvalue weighted by atomic mass is 127. The van der Waals surface area contributed by atoms with Crippen molar-refractivity contribution in [3.05, 3.63) is 77.3 Å². The maximum absolute atomic E-state index is 13.8. The number of Topliss-reactive ketones (excluding diaryl/α,β-unsaturated/α-hetero) is 4. The number of phenolic OH excluding ortho intramolecular Hbond substituents is 1. The third-order valence-electron chi connectivity index (χ3n) is 14.5. The van der Waals surface area contributed by atoms with Crippen LogP contribution in [0.2, 0.25) is 0 Å². The standard InChI is InChI=1S/C24H27N3O9.C23H26IN3O7/c1-26(2)12-7-10(23(34)35)17(28)14-9(12)5-8-6-11-16(27(3)4)19(30)15(22(25)33)21(32)24(11,36)20(31)13(8)18(14)29;1-26(2)12-7-11(24)17(28)14-9(12)5-8-6-10-16(27(3)4)19(30)15(22(25)33)21(32)23(10,34)20(31)13(8)18(14)29/h7-8,11,16,28-29,32,36H,5-6H2,1-4H3,(H2,25,33)(H,34,35);7-8,10,16,28-29,32,34H,5-6H2,1-4H3,(H2,25,33)/t8-,11-,16-,24-;8?,10?,16-,23-/m00/s1. The Balaban J connectivity index is 0.000000207. The largest absolute Gasteiger partial charge is 0.508 e. The Labute approximate surface area is 413 Å². The van der Waals surface area contributed by atoms with Crippen LogP contribution in [0.25, 0.3) is 11.5 Å². The predicted octanol–water partition coefficient (Wildman–Crippen LogP) is 0.363. The Hall–Kier alpha value is -6.54. The molecule has 0 saturated heterocycles. The van der Waals surface area contributed by atoms with Crippen molar-refractivity contribution < 1.29 is 79.5 Å². The molecule has 0 bridgehead atoms. The van der Waals surface area contributed by atoms with Gasteiger partial charge in [0.1, 0.15) is 51.2 Å². The van der Waals surface area contributed by atoms with Crippen molar-refractivity contribution in [1.29, 1.82) is 0 Å². The molecule has 6 aliphatic carbocycles. The summed E-state index contributed by atoms with van der Waals surface area (Å²) in [4.78, 5) is 95.8. The molecule has 13 N–H and O–H groups in total. The highest BCUT2D eigenvalue weighted by molar-refractivity contribution is 14.1. The number of anilines is 2. The summed E-state index contributed by atoms with van der Waals surface area (Å²) in [6, 6.07) is 0.749. The minimum atomic E-state index is -2.76. The lowest BCUT2D eigenvalue weighted by Gasteiger charge is -2.50. The number of halogens is 1. The van der Waals surface area contributed by atoms with Crippen LogP contribution in [0, 0.1) is 27.2 Å². The number of aliphatic hydroxyl groups is 6. The van der Waals surface area contributed by atoms with E-state index in [9.17, 15) is 79.5 Å². The summed E-state index contributed by atoms with van der Waals surface area (Å²) in [7, 11) is 13.1. The molecular formula is C47H53IN6O16. The third-order valence-corrected chi connectivity index (χ3v) is 15.4. The summed E-state index contributed by atoms with van der Waals surface area (Å²) in [5.74, 6) is -15.9. The Morgan fingerprint density at radius 2 is 0.971 bits per heavy atom. The highest BCUT2D eigenvalue weighted by Crippen LogP contribution is 2.56. The predicted molar refractivity (Wildman–Crippen MR) is 257 cm³/mol. The first-order chi connectivity index (χ1) is 32.4. The van der Waals surface area contributed by atoms with Gasteiger partial charge in [-0.2, -0.15) is 0 Å². The van der Waals surface area contributed by atoms with E-state index in [1.165, 1.54) is 30.0 Å². The molecule has 2 fully saturated rings. The normalized spacial score (nSPS) is 28.1. The number of carboxylic acids is 1. The number of rotatable bonds is 7. The highest BCUT2D eigenvalue weighted by Gasteiger charge is 2.66. The van der Waals surface area contributed by atoms with Gasteiger partial charge in [-0.1, -0.05) is 0 Å². The molecule has 0 aromatic heterocycles. The van der Waals surface area contributed by atoms with Crippen LogP contribution in [0.15, 0.2) is 45.9 Å². The number of phenols is 2. The van der Waals surface area contributed by atoms with Crippen LogP contribution in [-0.2, 0) is 41.6 Å². The number of benzene rings is 2. The summed E-state index contributed by atoms with van der Waals surface area (Å²) in [6.07, 6.45) is 0.327. The van der Waals surface area contributed by atoms with Gasteiger partial charge in [-0.05, 0) is 112 Å². The second kappa shape index (κ2) is 17.4. The fourth-order valence-corrected chi connectivity index (χ4v) is 12.1. The van der Waals surface area contributed by atoms with Gasteiger partial charge in [-0.15, -0.1) is 0 Å². The molecule has 2 aromatic carbocycles. The Bertz CT molecular complexity index is 2920. The first-order valence-electron chi connectivity index (χ1n) is 21.7. The van der Waals surface area contributed by atoms with E-state index in [1.807, 2.05) is 41.6 Å². The van der Waals surface area contributed by atoms with Crippen molar-refractivity contribution in [2.45, 2.75) is 49.0 Å². The van der Waals surface area contributed by atoms with Gasteiger partial charge in [0.05, 0.1) is 26.8 Å². The molecule has 2 saturated carbocycles. The first-order valence-corrected chi connectivity index (χ1v) is 22.8. The molecule has 374 valence electrons. The smallest absolute Gasteiger partial charge is 0.339 e. The zero-order valence-corrected chi connectivity index (χ0v) is 41.3. The summed E-state index contributed by atoms with van der Waals surface area (Å²) >= 11 is 1.92. The number of nitrogens with two attached hydrogens (primary N) is 2. The van der Waals surface area contributed by atoms with E-state index in [1.54, 1.807) is 39.2 Å². The molecule has 0 radical (unpaired) electrons. The van der Waals surface area contributed by atoms with Gasteiger partial charge in [0.15, 0.2) is 22.8 Å². The number of likely N-dealkylation sites (N-methyl/N-ethyl adjacent to an activating group) is 2. The summed E-state index contributed by atoms with van der Waals surface area (Å²) < 4.78 is 0.459. The molecule has 2 amide bonds. The zero-order valence-electron chi connectivity index (χ0n) is 39.2. The number of ketones is 4. The number of hydrogen-bond acceptors (Lipinski definition) is 19. The summed E-state index contributed by atoms with van der Waals surface area (Å²) in [5.41, 5.74) is 4.48. The maximum Gasteiger partial charge on any atom is 0.339 e. The second-order valence-corrected chi connectivity index (χ2v) is 20.4. The molecule has 2 aromatic rings. The number of aromatic carboxylic acids is 1. The van der Waals surface area contributed by atoms with Gasteiger partial charge in [-0.25, -0.2) is 4.79 Å². The van der Waals surface area contributed by atoms with E-state index in [0.717, 1.165) is 5.69 Å². The molecule has 0 heterocycles. The van der Waals surface area contributed by atoms with Gasteiger partial charge < -0.3 is 67.2 Å². The van der Waals surface area contributed by atoms with E-state index in [2.05, 4.69) is 0 Å². The number of carbonyl (C=O) groups is 7. The number of nitrogens with zero attached hydrogens (tertiary/aromatic N) is 4. The molecule has 8 atom stereocenters. The molecule has 6 aliphatic rings. The number of primary amides is 2. The number of aliphatic hydroxyl groups excluding tert-OH is 4.